The van der Waals surface area contributed by atoms with Crippen LogP contribution in [0.2, 0.25) is 0 Å². The van der Waals surface area contributed by atoms with Crippen LogP contribution in [0.3, 0.4) is 0 Å². The Morgan fingerprint density at radius 2 is 1.93 bits per heavy atom. The Balaban J connectivity index is 1.98. The van der Waals surface area contributed by atoms with Gasteiger partial charge in [-0.25, -0.2) is 0 Å². The van der Waals surface area contributed by atoms with Gasteiger partial charge in [-0.3, -0.25) is 0 Å². The van der Waals surface area contributed by atoms with Crippen LogP contribution in [0, 0.1) is 5.41 Å². The van der Waals surface area contributed by atoms with Crippen LogP contribution in [0.15, 0.2) is 29.2 Å². The lowest BCUT2D eigenvalue weighted by molar-refractivity contribution is 0.211. The molecule has 1 aromatic rings. The molecule has 1 aliphatic carbocycles. The Bertz CT molecular complexity index is 314. The maximum Gasteiger partial charge on any atom is 0.0490 e. The average molecular weight is 222 g/mol. The standard InChI is InChI=1S/C13H18OS/c1-2-15-12-5-3-11(4-6-12)9-13(10-14)7-8-13/h3-6,14H,2,7-10H2,1H3. The summed E-state index contributed by atoms with van der Waals surface area (Å²) in [6.45, 7) is 2.52. The number of thioether (sulfide) groups is 1. The first-order valence-corrected chi connectivity index (χ1v) is 6.59. The van der Waals surface area contributed by atoms with Gasteiger partial charge in [-0.05, 0) is 48.1 Å². The van der Waals surface area contributed by atoms with E-state index < -0.39 is 0 Å². The highest BCUT2D eigenvalue weighted by molar-refractivity contribution is 7.99. The molecular formula is C13H18OS. The number of benzene rings is 1. The third-order valence-electron chi connectivity index (χ3n) is 3.11. The minimum atomic E-state index is 0.236. The summed E-state index contributed by atoms with van der Waals surface area (Å²) in [5.74, 6) is 1.12. The van der Waals surface area contributed by atoms with Gasteiger partial charge in [0.05, 0.1) is 0 Å². The van der Waals surface area contributed by atoms with Crippen LogP contribution < -0.4 is 0 Å². The summed E-state index contributed by atoms with van der Waals surface area (Å²) in [6.07, 6.45) is 3.42. The predicted octanol–water partition coefficient (Wildman–Crippen LogP) is 3.11. The number of aliphatic hydroxyl groups is 1. The Kier molecular flexibility index (Phi) is 3.37. The summed E-state index contributed by atoms with van der Waals surface area (Å²) in [5, 5.41) is 9.25. The van der Waals surface area contributed by atoms with E-state index in [9.17, 15) is 5.11 Å². The molecule has 1 N–H and O–H groups in total. The third kappa shape index (κ3) is 2.76. The highest BCUT2D eigenvalue weighted by Crippen LogP contribution is 2.47. The Labute approximate surface area is 95.9 Å². The van der Waals surface area contributed by atoms with E-state index >= 15 is 0 Å². The van der Waals surface area contributed by atoms with Crippen LogP contribution in [0.4, 0.5) is 0 Å². The molecule has 1 aliphatic rings. The Morgan fingerprint density at radius 1 is 1.27 bits per heavy atom. The quantitative estimate of drug-likeness (QED) is 0.772. The summed E-state index contributed by atoms with van der Waals surface area (Å²) >= 11 is 1.87. The van der Waals surface area contributed by atoms with Gasteiger partial charge < -0.3 is 5.11 Å². The van der Waals surface area contributed by atoms with E-state index in [1.54, 1.807) is 0 Å². The molecule has 0 radical (unpaired) electrons. The zero-order valence-electron chi connectivity index (χ0n) is 9.20. The van der Waals surface area contributed by atoms with Crippen LogP contribution >= 0.6 is 11.8 Å². The van der Waals surface area contributed by atoms with Crippen molar-refractivity contribution in [3.05, 3.63) is 29.8 Å². The lowest BCUT2D eigenvalue weighted by Gasteiger charge is -2.11. The van der Waals surface area contributed by atoms with Gasteiger partial charge in [-0.2, -0.15) is 0 Å². The second-order valence-corrected chi connectivity index (χ2v) is 5.75. The monoisotopic (exact) mass is 222 g/mol. The smallest absolute Gasteiger partial charge is 0.0490 e. The molecule has 2 rings (SSSR count). The lowest BCUT2D eigenvalue weighted by Crippen LogP contribution is -2.09. The topological polar surface area (TPSA) is 20.2 Å². The van der Waals surface area contributed by atoms with E-state index in [-0.39, 0.29) is 5.41 Å². The molecule has 2 heteroatoms. The molecule has 1 fully saturated rings. The number of aliphatic hydroxyl groups excluding tert-OH is 1. The summed E-state index contributed by atoms with van der Waals surface area (Å²) in [5.41, 5.74) is 1.60. The SMILES string of the molecule is CCSc1ccc(CC2(CO)CC2)cc1. The molecule has 1 aromatic carbocycles. The van der Waals surface area contributed by atoms with Gasteiger partial charge >= 0.3 is 0 Å². The molecule has 0 amide bonds. The maximum atomic E-state index is 9.25. The number of rotatable bonds is 5. The predicted molar refractivity (Wildman–Crippen MR) is 65.3 cm³/mol. The fraction of sp³-hybridized carbons (Fsp3) is 0.538. The van der Waals surface area contributed by atoms with Crippen LogP contribution in [0.5, 0.6) is 0 Å². The molecule has 0 aliphatic heterocycles. The van der Waals surface area contributed by atoms with Gasteiger partial charge in [0.25, 0.3) is 0 Å². The first-order chi connectivity index (χ1) is 7.28. The van der Waals surface area contributed by atoms with Crippen molar-refractivity contribution in [3.8, 4) is 0 Å². The normalized spacial score (nSPS) is 17.7. The zero-order valence-corrected chi connectivity index (χ0v) is 10.0. The minimum absolute atomic E-state index is 0.236. The van der Waals surface area contributed by atoms with Crippen molar-refractivity contribution < 1.29 is 5.11 Å². The largest absolute Gasteiger partial charge is 0.396 e. The maximum absolute atomic E-state index is 9.25. The van der Waals surface area contributed by atoms with Gasteiger partial charge in [0.1, 0.15) is 0 Å². The fourth-order valence-corrected chi connectivity index (χ4v) is 2.53. The first kappa shape index (κ1) is 11.0. The Morgan fingerprint density at radius 3 is 2.40 bits per heavy atom. The summed E-state index contributed by atoms with van der Waals surface area (Å²) in [7, 11) is 0. The van der Waals surface area contributed by atoms with Crippen molar-refractivity contribution in [3.63, 3.8) is 0 Å². The molecule has 0 bridgehead atoms. The van der Waals surface area contributed by atoms with Gasteiger partial charge in [0.2, 0.25) is 0 Å². The van der Waals surface area contributed by atoms with E-state index in [2.05, 4.69) is 31.2 Å². The molecule has 0 saturated heterocycles. The molecule has 0 heterocycles. The first-order valence-electron chi connectivity index (χ1n) is 5.61. The second-order valence-electron chi connectivity index (χ2n) is 4.41. The zero-order chi connectivity index (χ0) is 10.7. The summed E-state index contributed by atoms with van der Waals surface area (Å²) in [4.78, 5) is 1.34. The van der Waals surface area contributed by atoms with Crippen molar-refractivity contribution in [2.24, 2.45) is 5.41 Å². The van der Waals surface area contributed by atoms with Gasteiger partial charge in [0.15, 0.2) is 0 Å². The average Bonchev–Trinajstić information content (AvgIpc) is 3.02. The Hall–Kier alpha value is -0.470. The fourth-order valence-electron chi connectivity index (χ4n) is 1.87. The van der Waals surface area contributed by atoms with E-state index in [1.807, 2.05) is 11.8 Å². The van der Waals surface area contributed by atoms with Crippen molar-refractivity contribution in [1.82, 2.24) is 0 Å². The van der Waals surface area contributed by atoms with E-state index in [4.69, 9.17) is 0 Å². The highest BCUT2D eigenvalue weighted by atomic mass is 32.2. The second kappa shape index (κ2) is 4.58. The molecule has 82 valence electrons. The number of hydrogen-bond acceptors (Lipinski definition) is 2. The van der Waals surface area contributed by atoms with Crippen LogP contribution in [-0.2, 0) is 6.42 Å². The summed E-state index contributed by atoms with van der Waals surface area (Å²) < 4.78 is 0. The van der Waals surface area contributed by atoms with Crippen LogP contribution in [-0.4, -0.2) is 17.5 Å². The van der Waals surface area contributed by atoms with Crippen molar-refractivity contribution in [2.75, 3.05) is 12.4 Å². The van der Waals surface area contributed by atoms with E-state index in [0.29, 0.717) is 6.61 Å². The number of hydrogen-bond donors (Lipinski definition) is 1. The molecule has 1 nitrogen and oxygen atoms in total. The molecule has 0 spiro atoms. The van der Waals surface area contributed by atoms with Gasteiger partial charge in [-0.15, -0.1) is 11.8 Å². The van der Waals surface area contributed by atoms with Gasteiger partial charge in [-0.1, -0.05) is 19.1 Å². The lowest BCUT2D eigenvalue weighted by atomic mass is 9.98. The summed E-state index contributed by atoms with van der Waals surface area (Å²) in [6, 6.07) is 8.79. The third-order valence-corrected chi connectivity index (χ3v) is 4.00. The van der Waals surface area contributed by atoms with E-state index in [0.717, 1.165) is 12.2 Å². The van der Waals surface area contributed by atoms with Crippen LogP contribution in [0.1, 0.15) is 25.3 Å². The minimum Gasteiger partial charge on any atom is -0.396 e. The molecule has 0 unspecified atom stereocenters. The molecule has 0 atom stereocenters. The molecule has 15 heavy (non-hydrogen) atoms. The van der Waals surface area contributed by atoms with Crippen molar-refractivity contribution in [1.29, 1.82) is 0 Å². The molecular weight excluding hydrogens is 204 g/mol. The van der Waals surface area contributed by atoms with Gasteiger partial charge in [0, 0.05) is 11.5 Å². The van der Waals surface area contributed by atoms with Crippen molar-refractivity contribution in [2.45, 2.75) is 31.1 Å². The van der Waals surface area contributed by atoms with Crippen LogP contribution in [0.25, 0.3) is 0 Å². The highest BCUT2D eigenvalue weighted by Gasteiger charge is 2.41. The van der Waals surface area contributed by atoms with E-state index in [1.165, 1.54) is 23.3 Å². The molecule has 1 saturated carbocycles. The van der Waals surface area contributed by atoms with Crippen molar-refractivity contribution >= 4 is 11.8 Å². The molecule has 0 aromatic heterocycles.